The Bertz CT molecular complexity index is 522. The molecule has 0 bridgehead atoms. The van der Waals surface area contributed by atoms with E-state index in [0.717, 1.165) is 11.6 Å². The number of hydrogen-bond acceptors (Lipinski definition) is 7. The Labute approximate surface area is 112 Å². The molecule has 0 aliphatic carbocycles. The topological polar surface area (TPSA) is 92.9 Å². The molecule has 2 heterocycles. The lowest BCUT2D eigenvalue weighted by atomic mass is 10.4. The third-order valence-electron chi connectivity index (χ3n) is 2.07. The maximum Gasteiger partial charge on any atom is 0.265 e. The largest absolute Gasteiger partial charge is 0.382 e. The molecule has 8 heteroatoms. The zero-order chi connectivity index (χ0) is 13.0. The normalized spacial score (nSPS) is 10.3. The molecule has 0 aromatic carbocycles. The molecule has 2 aromatic rings. The number of nitrogen functional groups attached to an aromatic ring is 1. The van der Waals surface area contributed by atoms with Crippen LogP contribution in [0.25, 0.3) is 0 Å². The molecule has 1 amide bonds. The molecule has 0 aliphatic heterocycles. The van der Waals surface area contributed by atoms with Crippen molar-refractivity contribution in [1.29, 1.82) is 0 Å². The molecule has 96 valence electrons. The van der Waals surface area contributed by atoms with Gasteiger partial charge in [-0.05, 0) is 6.92 Å². The van der Waals surface area contributed by atoms with Gasteiger partial charge in [-0.2, -0.15) is 0 Å². The lowest BCUT2D eigenvalue weighted by molar-refractivity contribution is 0.0955. The highest BCUT2D eigenvalue weighted by atomic mass is 32.1. The van der Waals surface area contributed by atoms with Crippen LogP contribution in [0.4, 0.5) is 10.9 Å². The van der Waals surface area contributed by atoms with Crippen molar-refractivity contribution < 1.29 is 4.79 Å². The van der Waals surface area contributed by atoms with Crippen molar-refractivity contribution in [3.63, 3.8) is 0 Å². The van der Waals surface area contributed by atoms with E-state index in [0.29, 0.717) is 16.6 Å². The first kappa shape index (κ1) is 12.8. The summed E-state index contributed by atoms with van der Waals surface area (Å²) in [6.45, 7) is 3.11. The molecule has 0 aliphatic rings. The van der Waals surface area contributed by atoms with Crippen LogP contribution < -0.4 is 16.4 Å². The highest BCUT2D eigenvalue weighted by Gasteiger charge is 2.15. The van der Waals surface area contributed by atoms with Crippen molar-refractivity contribution in [2.75, 3.05) is 17.6 Å². The van der Waals surface area contributed by atoms with Gasteiger partial charge in [0, 0.05) is 18.1 Å². The van der Waals surface area contributed by atoms with Crippen LogP contribution in [0.3, 0.4) is 0 Å². The summed E-state index contributed by atoms with van der Waals surface area (Å²) in [4.78, 5) is 20.5. The van der Waals surface area contributed by atoms with Crippen molar-refractivity contribution in [2.24, 2.45) is 0 Å². The third kappa shape index (κ3) is 2.96. The maximum atomic E-state index is 11.9. The monoisotopic (exact) mass is 283 g/mol. The second kappa shape index (κ2) is 5.78. The first-order chi connectivity index (χ1) is 8.70. The minimum atomic E-state index is -0.218. The van der Waals surface area contributed by atoms with Crippen LogP contribution in [0.1, 0.15) is 21.6 Å². The number of carbonyl (C=O) groups is 1. The number of nitrogens with zero attached hydrogens (tertiary/aromatic N) is 2. The Kier molecular flexibility index (Phi) is 4.11. The lowest BCUT2D eigenvalue weighted by Gasteiger charge is -2.00. The Morgan fingerprint density at radius 1 is 1.56 bits per heavy atom. The van der Waals surface area contributed by atoms with Gasteiger partial charge in [-0.15, -0.1) is 11.3 Å². The smallest absolute Gasteiger partial charge is 0.265 e. The molecule has 0 spiro atoms. The van der Waals surface area contributed by atoms with E-state index >= 15 is 0 Å². The van der Waals surface area contributed by atoms with Gasteiger partial charge in [-0.25, -0.2) is 9.97 Å². The van der Waals surface area contributed by atoms with Gasteiger partial charge < -0.3 is 16.4 Å². The van der Waals surface area contributed by atoms with Crippen LogP contribution in [0.15, 0.2) is 11.6 Å². The average Bonchev–Trinajstić information content (AvgIpc) is 2.96. The summed E-state index contributed by atoms with van der Waals surface area (Å²) in [7, 11) is 0. The molecular formula is C10H13N5OS2. The van der Waals surface area contributed by atoms with Crippen molar-refractivity contribution in [2.45, 2.75) is 13.5 Å². The Morgan fingerprint density at radius 2 is 2.39 bits per heavy atom. The molecule has 0 atom stereocenters. The van der Waals surface area contributed by atoms with E-state index in [-0.39, 0.29) is 11.7 Å². The van der Waals surface area contributed by atoms with Gasteiger partial charge >= 0.3 is 0 Å². The number of hydrogen-bond donors (Lipinski definition) is 3. The highest BCUT2D eigenvalue weighted by molar-refractivity contribution is 7.18. The second-order valence-electron chi connectivity index (χ2n) is 3.37. The summed E-state index contributed by atoms with van der Waals surface area (Å²) >= 11 is 2.75. The van der Waals surface area contributed by atoms with Gasteiger partial charge in [0.1, 0.15) is 15.7 Å². The molecule has 0 saturated carbocycles. The summed E-state index contributed by atoms with van der Waals surface area (Å²) < 4.78 is 0. The summed E-state index contributed by atoms with van der Waals surface area (Å²) in [5.74, 6) is 0.0388. The van der Waals surface area contributed by atoms with Crippen LogP contribution in [-0.2, 0) is 6.54 Å². The Balaban J connectivity index is 2.00. The zero-order valence-electron chi connectivity index (χ0n) is 9.77. The zero-order valence-corrected chi connectivity index (χ0v) is 11.4. The number of thiazole rings is 2. The standard InChI is InChI=1S/C10H13N5OS2/c1-2-12-10-15-8(11)7(18-10)9(16)14-5-6-13-3-4-17-6/h3-4H,2,5,11H2,1H3,(H,12,15)(H,14,16). The van der Waals surface area contributed by atoms with E-state index in [2.05, 4.69) is 20.6 Å². The summed E-state index contributed by atoms with van der Waals surface area (Å²) in [6, 6.07) is 0. The number of nitrogens with one attached hydrogen (secondary N) is 2. The van der Waals surface area contributed by atoms with E-state index in [4.69, 9.17) is 5.73 Å². The number of anilines is 2. The number of carbonyl (C=O) groups excluding carboxylic acids is 1. The van der Waals surface area contributed by atoms with E-state index in [1.54, 1.807) is 6.20 Å². The van der Waals surface area contributed by atoms with Crippen LogP contribution in [0.2, 0.25) is 0 Å². The predicted octanol–water partition coefficient (Wildman–Crippen LogP) is 1.54. The highest BCUT2D eigenvalue weighted by Crippen LogP contribution is 2.24. The molecule has 4 N–H and O–H groups in total. The van der Waals surface area contributed by atoms with Crippen LogP contribution in [0, 0.1) is 0 Å². The molecule has 0 saturated heterocycles. The Morgan fingerprint density at radius 3 is 3.06 bits per heavy atom. The Hall–Kier alpha value is -1.67. The van der Waals surface area contributed by atoms with Crippen molar-refractivity contribution in [3.8, 4) is 0 Å². The molecular weight excluding hydrogens is 270 g/mol. The van der Waals surface area contributed by atoms with E-state index < -0.39 is 0 Å². The van der Waals surface area contributed by atoms with Crippen molar-refractivity contribution in [3.05, 3.63) is 21.5 Å². The third-order valence-corrected chi connectivity index (χ3v) is 3.88. The predicted molar refractivity (Wildman–Crippen MR) is 74.0 cm³/mol. The van der Waals surface area contributed by atoms with Gasteiger partial charge in [-0.1, -0.05) is 11.3 Å². The molecule has 0 radical (unpaired) electrons. The molecule has 2 rings (SSSR count). The van der Waals surface area contributed by atoms with Crippen molar-refractivity contribution >= 4 is 39.5 Å². The van der Waals surface area contributed by atoms with E-state index in [1.165, 1.54) is 22.7 Å². The minimum absolute atomic E-state index is 0.218. The lowest BCUT2D eigenvalue weighted by Crippen LogP contribution is -2.22. The fraction of sp³-hybridized carbons (Fsp3) is 0.300. The summed E-state index contributed by atoms with van der Waals surface area (Å²) in [5.41, 5.74) is 5.71. The average molecular weight is 283 g/mol. The van der Waals surface area contributed by atoms with Gasteiger partial charge in [0.15, 0.2) is 5.13 Å². The van der Waals surface area contributed by atoms with Gasteiger partial charge in [0.05, 0.1) is 6.54 Å². The van der Waals surface area contributed by atoms with Crippen LogP contribution in [0.5, 0.6) is 0 Å². The maximum absolute atomic E-state index is 11.9. The van der Waals surface area contributed by atoms with Crippen molar-refractivity contribution in [1.82, 2.24) is 15.3 Å². The first-order valence-corrected chi connectivity index (χ1v) is 7.07. The number of rotatable bonds is 5. The minimum Gasteiger partial charge on any atom is -0.382 e. The van der Waals surface area contributed by atoms with Crippen LogP contribution in [-0.4, -0.2) is 22.4 Å². The molecule has 6 nitrogen and oxygen atoms in total. The van der Waals surface area contributed by atoms with E-state index in [9.17, 15) is 4.79 Å². The SMILES string of the molecule is CCNc1nc(N)c(C(=O)NCc2nccs2)s1. The molecule has 18 heavy (non-hydrogen) atoms. The van der Waals surface area contributed by atoms with Gasteiger partial charge in [0.2, 0.25) is 0 Å². The van der Waals surface area contributed by atoms with Gasteiger partial charge in [0.25, 0.3) is 5.91 Å². The number of amides is 1. The number of nitrogens with two attached hydrogens (primary N) is 1. The summed E-state index contributed by atoms with van der Waals surface area (Å²) in [5, 5.41) is 9.19. The fourth-order valence-corrected chi connectivity index (χ4v) is 2.72. The van der Waals surface area contributed by atoms with Gasteiger partial charge in [-0.3, -0.25) is 4.79 Å². The fourth-order valence-electron chi connectivity index (χ4n) is 1.30. The van der Waals surface area contributed by atoms with Crippen LogP contribution >= 0.6 is 22.7 Å². The number of aromatic nitrogens is 2. The quantitative estimate of drug-likeness (QED) is 0.774. The van der Waals surface area contributed by atoms with E-state index in [1.807, 2.05) is 12.3 Å². The molecule has 0 unspecified atom stereocenters. The summed E-state index contributed by atoms with van der Waals surface area (Å²) in [6.07, 6.45) is 1.70. The second-order valence-corrected chi connectivity index (χ2v) is 5.35. The first-order valence-electron chi connectivity index (χ1n) is 5.37. The molecule has 0 fully saturated rings. The molecule has 2 aromatic heterocycles.